The van der Waals surface area contributed by atoms with Gasteiger partial charge in [0.2, 0.25) is 0 Å². The fraction of sp³-hybridized carbons (Fsp3) is 0.694. The molecule has 5 atom stereocenters. The Kier molecular flexibility index (Phi) is 14.6. The van der Waals surface area contributed by atoms with Gasteiger partial charge in [-0.05, 0) is 86.1 Å². The number of unbranched alkanes of at least 4 members (excludes halogenated alkanes) is 1. The number of benzene rings is 1. The number of hydrogen-bond donors (Lipinski definition) is 1. The maximum absolute atomic E-state index is 13.4. The van der Waals surface area contributed by atoms with Crippen molar-refractivity contribution in [1.82, 2.24) is 0 Å². The fourth-order valence-corrected chi connectivity index (χ4v) is 7.70. The van der Waals surface area contributed by atoms with Crippen LogP contribution in [0.2, 0.25) is 36.3 Å². The lowest BCUT2D eigenvalue weighted by atomic mass is 9.89. The lowest BCUT2D eigenvalue weighted by molar-refractivity contribution is -0.140. The number of ether oxygens (including phenoxy) is 2. The molecule has 1 fully saturated rings. The number of esters is 1. The van der Waals surface area contributed by atoms with E-state index in [0.29, 0.717) is 25.7 Å². The normalized spacial score (nSPS) is 22.3. The molecule has 1 saturated carbocycles. The van der Waals surface area contributed by atoms with Gasteiger partial charge < -0.3 is 23.4 Å². The Balaban J connectivity index is 2.39. The number of rotatable bonds is 15. The van der Waals surface area contributed by atoms with E-state index in [1.807, 2.05) is 12.2 Å². The number of carbonyl (C=O) groups is 1. The molecule has 6 nitrogen and oxygen atoms in total. The molecule has 0 heterocycles. The first-order valence-corrected chi connectivity index (χ1v) is 22.5. The van der Waals surface area contributed by atoms with E-state index in [9.17, 15) is 23.1 Å². The van der Waals surface area contributed by atoms with E-state index < -0.39 is 40.6 Å². The number of methoxy groups -OCH3 is 1. The van der Waals surface area contributed by atoms with Crippen molar-refractivity contribution in [2.24, 2.45) is 11.8 Å². The standard InChI is InChI=1S/C36H59F3O6Si2/c1-34(2,3)46(8,9)44-28(25-43-27-18-16-17-26(23-27)36(37,38)39)21-22-30-29(19-14-12-13-15-20-33(41)42-7)31(40)24-32(30)45-47(10,11)35(4,5)6/h12,14,16-18,21-23,28-32,40H,13,15,19-20,24-25H2,1-11H3/b14-12-,22-21+/t28-,29-,30-,31+,32?/m1/s1. The molecule has 11 heteroatoms. The van der Waals surface area contributed by atoms with Crippen molar-refractivity contribution in [2.75, 3.05) is 13.7 Å². The van der Waals surface area contributed by atoms with Gasteiger partial charge in [0.25, 0.3) is 0 Å². The minimum Gasteiger partial charge on any atom is -0.491 e. The summed E-state index contributed by atoms with van der Waals surface area (Å²) in [5, 5.41) is 11.2. The average Bonchev–Trinajstić information content (AvgIpc) is 3.22. The van der Waals surface area contributed by atoms with Crippen LogP contribution >= 0.6 is 0 Å². The third kappa shape index (κ3) is 12.5. The van der Waals surface area contributed by atoms with Crippen LogP contribution in [-0.2, 0) is 24.6 Å². The highest BCUT2D eigenvalue weighted by atomic mass is 28.4. The van der Waals surface area contributed by atoms with E-state index >= 15 is 0 Å². The average molecular weight is 701 g/mol. The summed E-state index contributed by atoms with van der Waals surface area (Å²) in [5.41, 5.74) is -0.765. The van der Waals surface area contributed by atoms with Gasteiger partial charge in [0.1, 0.15) is 12.4 Å². The second-order valence-corrected chi connectivity index (χ2v) is 25.3. The lowest BCUT2D eigenvalue weighted by Gasteiger charge is -2.40. The Bertz CT molecular complexity index is 1200. The van der Waals surface area contributed by atoms with Crippen molar-refractivity contribution < 1.29 is 41.4 Å². The molecule has 0 saturated heterocycles. The quantitative estimate of drug-likeness (QED) is 0.0850. The molecule has 0 bridgehead atoms. The molecular weight excluding hydrogens is 642 g/mol. The van der Waals surface area contributed by atoms with Crippen LogP contribution in [0.3, 0.4) is 0 Å². The summed E-state index contributed by atoms with van der Waals surface area (Å²) >= 11 is 0. The van der Waals surface area contributed by atoms with Gasteiger partial charge in [-0.3, -0.25) is 4.79 Å². The van der Waals surface area contributed by atoms with Gasteiger partial charge in [-0.25, -0.2) is 0 Å². The van der Waals surface area contributed by atoms with Crippen LogP contribution in [0, 0.1) is 11.8 Å². The van der Waals surface area contributed by atoms with Crippen LogP contribution in [0.4, 0.5) is 13.2 Å². The topological polar surface area (TPSA) is 74.2 Å². The first-order valence-electron chi connectivity index (χ1n) is 16.7. The molecule has 1 unspecified atom stereocenters. The zero-order valence-electron chi connectivity index (χ0n) is 30.4. The molecule has 0 aliphatic heterocycles. The predicted molar refractivity (Wildman–Crippen MR) is 187 cm³/mol. The Hall–Kier alpha value is -1.93. The lowest BCUT2D eigenvalue weighted by Crippen LogP contribution is -2.45. The Labute approximate surface area is 283 Å². The van der Waals surface area contributed by atoms with Gasteiger partial charge >= 0.3 is 12.1 Å². The summed E-state index contributed by atoms with van der Waals surface area (Å²) in [7, 11) is -3.11. The van der Waals surface area contributed by atoms with E-state index in [1.54, 1.807) is 0 Å². The van der Waals surface area contributed by atoms with Crippen LogP contribution in [0.1, 0.15) is 79.2 Å². The first kappa shape index (κ1) is 41.2. The second-order valence-electron chi connectivity index (χ2n) is 15.8. The molecule has 1 aromatic rings. The van der Waals surface area contributed by atoms with Gasteiger partial charge in [-0.15, -0.1) is 0 Å². The highest BCUT2D eigenvalue weighted by Gasteiger charge is 2.47. The SMILES string of the molecule is COC(=O)CCC/C=C\C[C@H]1[C@@H](O)CC(O[Si](C)(C)C(C)(C)C)[C@@H]1/C=C/[C@H](COc1cccc(C(F)(F)F)c1)O[Si](C)(C)C(C)(C)C. The number of hydrogen-bond acceptors (Lipinski definition) is 6. The van der Waals surface area contributed by atoms with Crippen molar-refractivity contribution in [3.63, 3.8) is 0 Å². The third-order valence-electron chi connectivity index (χ3n) is 10.1. The molecule has 1 aromatic carbocycles. The Morgan fingerprint density at radius 1 is 1.02 bits per heavy atom. The maximum Gasteiger partial charge on any atom is 0.416 e. The molecule has 0 radical (unpaired) electrons. The largest absolute Gasteiger partial charge is 0.491 e. The highest BCUT2D eigenvalue weighted by molar-refractivity contribution is 6.74. The number of halogens is 3. The number of aliphatic hydroxyl groups is 1. The zero-order chi connectivity index (χ0) is 35.8. The van der Waals surface area contributed by atoms with Crippen LogP contribution in [-0.4, -0.2) is 59.7 Å². The van der Waals surface area contributed by atoms with Crippen molar-refractivity contribution in [3.8, 4) is 5.75 Å². The van der Waals surface area contributed by atoms with E-state index in [-0.39, 0.29) is 46.3 Å². The van der Waals surface area contributed by atoms with Crippen LogP contribution < -0.4 is 4.74 Å². The number of alkyl halides is 3. The fourth-order valence-electron chi connectivity index (χ4n) is 5.08. The summed E-state index contributed by atoms with van der Waals surface area (Å²) in [6, 6.07) is 4.90. The molecular formula is C36H59F3O6Si2. The number of carbonyl (C=O) groups excluding carboxylic acids is 1. The molecule has 0 amide bonds. The van der Waals surface area contributed by atoms with Crippen LogP contribution in [0.5, 0.6) is 5.75 Å². The van der Waals surface area contributed by atoms with E-state index in [2.05, 4.69) is 79.9 Å². The summed E-state index contributed by atoms with van der Waals surface area (Å²) in [6.07, 6.45) is 5.34. The third-order valence-corrected chi connectivity index (χ3v) is 19.1. The van der Waals surface area contributed by atoms with Gasteiger partial charge in [0.05, 0.1) is 31.0 Å². The molecule has 1 N–H and O–H groups in total. The van der Waals surface area contributed by atoms with Gasteiger partial charge in [0.15, 0.2) is 16.6 Å². The number of allylic oxidation sites excluding steroid dienone is 2. The van der Waals surface area contributed by atoms with Gasteiger partial charge in [-0.2, -0.15) is 13.2 Å². The number of aliphatic hydroxyl groups excluding tert-OH is 1. The first-order chi connectivity index (χ1) is 21.5. The Morgan fingerprint density at radius 2 is 1.66 bits per heavy atom. The summed E-state index contributed by atoms with van der Waals surface area (Å²) < 4.78 is 64.4. The van der Waals surface area contributed by atoms with E-state index in [4.69, 9.17) is 18.3 Å². The molecule has 1 aliphatic carbocycles. The second kappa shape index (κ2) is 16.7. The van der Waals surface area contributed by atoms with Crippen molar-refractivity contribution in [1.29, 1.82) is 0 Å². The monoisotopic (exact) mass is 700 g/mol. The van der Waals surface area contributed by atoms with E-state index in [0.717, 1.165) is 18.6 Å². The van der Waals surface area contributed by atoms with Crippen molar-refractivity contribution in [2.45, 2.75) is 134 Å². The van der Waals surface area contributed by atoms with Crippen LogP contribution in [0.15, 0.2) is 48.6 Å². The summed E-state index contributed by atoms with van der Waals surface area (Å²) in [6.45, 7) is 21.7. The highest BCUT2D eigenvalue weighted by Crippen LogP contribution is 2.44. The molecule has 0 spiro atoms. The maximum atomic E-state index is 13.4. The Morgan fingerprint density at radius 3 is 2.23 bits per heavy atom. The smallest absolute Gasteiger partial charge is 0.416 e. The molecule has 0 aromatic heterocycles. The van der Waals surface area contributed by atoms with E-state index in [1.165, 1.54) is 19.2 Å². The minimum atomic E-state index is -4.47. The molecule has 47 heavy (non-hydrogen) atoms. The van der Waals surface area contributed by atoms with Crippen molar-refractivity contribution >= 4 is 22.6 Å². The predicted octanol–water partition coefficient (Wildman–Crippen LogP) is 9.71. The zero-order valence-corrected chi connectivity index (χ0v) is 32.4. The van der Waals surface area contributed by atoms with Crippen molar-refractivity contribution in [3.05, 3.63) is 54.1 Å². The van der Waals surface area contributed by atoms with Gasteiger partial charge in [-0.1, -0.05) is 71.9 Å². The van der Waals surface area contributed by atoms with Gasteiger partial charge in [0, 0.05) is 12.3 Å². The summed E-state index contributed by atoms with van der Waals surface area (Å²) in [4.78, 5) is 11.5. The van der Waals surface area contributed by atoms with Crippen LogP contribution in [0.25, 0.3) is 0 Å². The molecule has 1 aliphatic rings. The molecule has 2 rings (SSSR count). The molecule has 268 valence electrons. The minimum absolute atomic E-state index is 0.0172. The summed E-state index contributed by atoms with van der Waals surface area (Å²) in [5.74, 6) is -0.316.